The Balaban J connectivity index is 1.94. The molecule has 0 radical (unpaired) electrons. The number of allylic oxidation sites excluding steroid dienone is 7. The molecule has 0 aliphatic heterocycles. The summed E-state index contributed by atoms with van der Waals surface area (Å²) >= 11 is 0. The van der Waals surface area contributed by atoms with Crippen molar-refractivity contribution in [1.82, 2.24) is 0 Å². The summed E-state index contributed by atoms with van der Waals surface area (Å²) in [5.74, 6) is 0.581. The van der Waals surface area contributed by atoms with E-state index in [0.29, 0.717) is 12.2 Å². The molecule has 0 N–H and O–H groups in total. The molecule has 0 saturated heterocycles. The maximum atomic E-state index is 11.9. The van der Waals surface area contributed by atoms with E-state index in [-0.39, 0.29) is 5.97 Å². The van der Waals surface area contributed by atoms with Gasteiger partial charge in [-0.1, -0.05) is 75.3 Å². The van der Waals surface area contributed by atoms with Gasteiger partial charge in [-0.3, -0.25) is 4.79 Å². The van der Waals surface area contributed by atoms with Crippen LogP contribution in [-0.2, 0) is 9.53 Å². The van der Waals surface area contributed by atoms with Crippen molar-refractivity contribution in [2.45, 2.75) is 90.9 Å². The zero-order chi connectivity index (χ0) is 18.2. The molecule has 0 bridgehead atoms. The molecule has 0 aromatic heterocycles. The monoisotopic (exact) mass is 344 g/mol. The SMILES string of the molecule is CCCC/C=C/CCCCCCCCC(=O)OC1=CCC=C(C)C=C1. The zero-order valence-corrected chi connectivity index (χ0v) is 16.3. The summed E-state index contributed by atoms with van der Waals surface area (Å²) in [4.78, 5) is 11.9. The van der Waals surface area contributed by atoms with Crippen LogP contribution in [0.15, 0.2) is 47.8 Å². The second-order valence-electron chi connectivity index (χ2n) is 6.87. The van der Waals surface area contributed by atoms with Crippen LogP contribution in [0.4, 0.5) is 0 Å². The maximum absolute atomic E-state index is 11.9. The highest BCUT2D eigenvalue weighted by atomic mass is 16.5. The van der Waals surface area contributed by atoms with Crippen LogP contribution in [-0.4, -0.2) is 5.97 Å². The molecule has 0 fully saturated rings. The van der Waals surface area contributed by atoms with E-state index in [1.807, 2.05) is 18.2 Å². The number of unbranched alkanes of at least 4 members (excludes halogenated alkanes) is 8. The molecule has 0 atom stereocenters. The molecule has 1 aliphatic rings. The van der Waals surface area contributed by atoms with Crippen molar-refractivity contribution in [3.63, 3.8) is 0 Å². The number of ether oxygens (including phenoxy) is 1. The van der Waals surface area contributed by atoms with Gasteiger partial charge in [0.05, 0.1) is 0 Å². The summed E-state index contributed by atoms with van der Waals surface area (Å²) in [6.07, 6.45) is 26.1. The Hall–Kier alpha value is -1.57. The first-order valence-electron chi connectivity index (χ1n) is 10.1. The third-order valence-corrected chi connectivity index (χ3v) is 4.39. The summed E-state index contributed by atoms with van der Waals surface area (Å²) in [5, 5.41) is 0. The van der Waals surface area contributed by atoms with Crippen molar-refractivity contribution < 1.29 is 9.53 Å². The van der Waals surface area contributed by atoms with Gasteiger partial charge in [-0.15, -0.1) is 0 Å². The largest absolute Gasteiger partial charge is 0.427 e. The van der Waals surface area contributed by atoms with Gasteiger partial charge in [0.2, 0.25) is 0 Å². The summed E-state index contributed by atoms with van der Waals surface area (Å²) < 4.78 is 5.41. The van der Waals surface area contributed by atoms with Crippen LogP contribution in [0, 0.1) is 0 Å². The zero-order valence-electron chi connectivity index (χ0n) is 16.3. The highest BCUT2D eigenvalue weighted by Crippen LogP contribution is 2.14. The Morgan fingerprint density at radius 2 is 1.64 bits per heavy atom. The molecule has 0 spiro atoms. The lowest BCUT2D eigenvalue weighted by atomic mass is 10.1. The summed E-state index contributed by atoms with van der Waals surface area (Å²) in [5.41, 5.74) is 1.21. The first-order valence-corrected chi connectivity index (χ1v) is 10.1. The smallest absolute Gasteiger partial charge is 0.311 e. The fraction of sp³-hybridized carbons (Fsp3) is 0.609. The van der Waals surface area contributed by atoms with Gasteiger partial charge in [0.15, 0.2) is 0 Å². The molecule has 140 valence electrons. The number of rotatable bonds is 13. The molecule has 0 aromatic rings. The fourth-order valence-corrected chi connectivity index (χ4v) is 2.77. The molecule has 2 nitrogen and oxygen atoms in total. The summed E-state index contributed by atoms with van der Waals surface area (Å²) in [7, 11) is 0. The standard InChI is InChI=1S/C23H36O2/c1-3-4-5-6-7-8-9-10-11-12-13-14-18-23(24)25-22-17-15-16-21(2)19-20-22/h6-7,16-17,19-20H,3-5,8-15,18H2,1-2H3/b7-6+. The number of carbonyl (C=O) groups is 1. The van der Waals surface area contributed by atoms with E-state index in [1.54, 1.807) is 0 Å². The Morgan fingerprint density at radius 3 is 2.40 bits per heavy atom. The highest BCUT2D eigenvalue weighted by molar-refractivity contribution is 5.71. The minimum atomic E-state index is -0.104. The van der Waals surface area contributed by atoms with E-state index in [4.69, 9.17) is 4.74 Å². The third-order valence-electron chi connectivity index (χ3n) is 4.39. The van der Waals surface area contributed by atoms with E-state index >= 15 is 0 Å². The number of carbonyl (C=O) groups excluding carboxylic acids is 1. The molecular weight excluding hydrogens is 308 g/mol. The Bertz CT molecular complexity index is 480. The van der Waals surface area contributed by atoms with Crippen LogP contribution >= 0.6 is 0 Å². The van der Waals surface area contributed by atoms with Gasteiger partial charge in [0.1, 0.15) is 5.76 Å². The summed E-state index contributed by atoms with van der Waals surface area (Å²) in [6.45, 7) is 4.29. The van der Waals surface area contributed by atoms with Gasteiger partial charge in [-0.05, 0) is 51.2 Å². The molecule has 2 heteroatoms. The van der Waals surface area contributed by atoms with E-state index < -0.39 is 0 Å². The fourth-order valence-electron chi connectivity index (χ4n) is 2.77. The van der Waals surface area contributed by atoms with Crippen molar-refractivity contribution in [3.8, 4) is 0 Å². The molecule has 0 amide bonds. The summed E-state index contributed by atoms with van der Waals surface area (Å²) in [6, 6.07) is 0. The van der Waals surface area contributed by atoms with Gasteiger partial charge in [-0.25, -0.2) is 0 Å². The van der Waals surface area contributed by atoms with E-state index in [2.05, 4.69) is 32.1 Å². The van der Waals surface area contributed by atoms with E-state index in [1.165, 1.54) is 56.9 Å². The van der Waals surface area contributed by atoms with Gasteiger partial charge in [0, 0.05) is 6.42 Å². The molecule has 0 heterocycles. The Morgan fingerprint density at radius 1 is 0.960 bits per heavy atom. The van der Waals surface area contributed by atoms with Crippen LogP contribution in [0.25, 0.3) is 0 Å². The number of hydrogen-bond donors (Lipinski definition) is 0. The van der Waals surface area contributed by atoms with Gasteiger partial charge >= 0.3 is 5.97 Å². The molecule has 1 aliphatic carbocycles. The van der Waals surface area contributed by atoms with Crippen LogP contribution in [0.3, 0.4) is 0 Å². The molecule has 0 saturated carbocycles. The lowest BCUT2D eigenvalue weighted by Crippen LogP contribution is -2.03. The first kappa shape index (κ1) is 21.5. The number of hydrogen-bond acceptors (Lipinski definition) is 2. The minimum Gasteiger partial charge on any atom is -0.427 e. The Labute approximate surface area is 154 Å². The van der Waals surface area contributed by atoms with Crippen molar-refractivity contribution in [2.75, 3.05) is 0 Å². The van der Waals surface area contributed by atoms with Crippen molar-refractivity contribution >= 4 is 5.97 Å². The first-order chi connectivity index (χ1) is 12.2. The molecule has 0 aromatic carbocycles. The molecule has 1 rings (SSSR count). The van der Waals surface area contributed by atoms with Crippen molar-refractivity contribution in [2.24, 2.45) is 0 Å². The number of esters is 1. The normalized spacial score (nSPS) is 14.3. The quantitative estimate of drug-likeness (QED) is 0.201. The maximum Gasteiger partial charge on any atom is 0.311 e. The van der Waals surface area contributed by atoms with Crippen molar-refractivity contribution in [1.29, 1.82) is 0 Å². The predicted octanol–water partition coefficient (Wildman–Crippen LogP) is 7.19. The minimum absolute atomic E-state index is 0.104. The van der Waals surface area contributed by atoms with Crippen LogP contribution in [0.5, 0.6) is 0 Å². The van der Waals surface area contributed by atoms with E-state index in [9.17, 15) is 4.79 Å². The molecular formula is C23H36O2. The lowest BCUT2D eigenvalue weighted by Gasteiger charge is -2.05. The second-order valence-corrected chi connectivity index (χ2v) is 6.87. The van der Waals surface area contributed by atoms with Crippen LogP contribution in [0.2, 0.25) is 0 Å². The predicted molar refractivity (Wildman–Crippen MR) is 107 cm³/mol. The van der Waals surface area contributed by atoms with Crippen molar-refractivity contribution in [3.05, 3.63) is 47.8 Å². The third kappa shape index (κ3) is 12.4. The Kier molecular flexibility index (Phi) is 12.7. The van der Waals surface area contributed by atoms with E-state index in [0.717, 1.165) is 19.3 Å². The van der Waals surface area contributed by atoms with Gasteiger partial charge in [-0.2, -0.15) is 0 Å². The van der Waals surface area contributed by atoms with Crippen LogP contribution < -0.4 is 0 Å². The molecule has 0 unspecified atom stereocenters. The lowest BCUT2D eigenvalue weighted by molar-refractivity contribution is -0.139. The van der Waals surface area contributed by atoms with Gasteiger partial charge < -0.3 is 4.74 Å². The molecule has 25 heavy (non-hydrogen) atoms. The topological polar surface area (TPSA) is 26.3 Å². The average molecular weight is 345 g/mol. The average Bonchev–Trinajstić information content (AvgIpc) is 2.80. The second kappa shape index (κ2) is 14.7. The van der Waals surface area contributed by atoms with Crippen LogP contribution in [0.1, 0.15) is 90.9 Å². The van der Waals surface area contributed by atoms with Gasteiger partial charge in [0.25, 0.3) is 0 Å². The highest BCUT2D eigenvalue weighted by Gasteiger charge is 2.06.